The number of hydrogen-bond donors (Lipinski definition) is 1. The second-order valence-electron chi connectivity index (χ2n) is 7.79. The molecule has 0 amide bonds. The highest BCUT2D eigenvalue weighted by Crippen LogP contribution is 2.26. The van der Waals surface area contributed by atoms with Gasteiger partial charge in [-0.3, -0.25) is 0 Å². The van der Waals surface area contributed by atoms with Crippen LogP contribution in [0.2, 0.25) is 0 Å². The van der Waals surface area contributed by atoms with Crippen molar-refractivity contribution in [3.05, 3.63) is 23.4 Å². The minimum atomic E-state index is -3.02. The fourth-order valence-corrected chi connectivity index (χ4v) is 5.35. The second-order valence-corrected chi connectivity index (χ2v) is 9.77. The molecule has 0 aromatic carbocycles. The van der Waals surface area contributed by atoms with Crippen LogP contribution in [-0.2, 0) is 22.9 Å². The molecule has 1 aromatic heterocycles. The minimum Gasteiger partial charge on any atom is -0.384 e. The lowest BCUT2D eigenvalue weighted by Crippen LogP contribution is -2.40. The van der Waals surface area contributed by atoms with Gasteiger partial charge < -0.3 is 10.6 Å². The van der Waals surface area contributed by atoms with Gasteiger partial charge in [-0.2, -0.15) is 0 Å². The van der Waals surface area contributed by atoms with E-state index in [2.05, 4.69) is 22.9 Å². The number of likely N-dealkylation sites (N-methyl/N-ethyl adjacent to an activating group) is 1. The van der Waals surface area contributed by atoms with Crippen molar-refractivity contribution in [3.63, 3.8) is 0 Å². The van der Waals surface area contributed by atoms with Gasteiger partial charge in [0.25, 0.3) is 0 Å². The van der Waals surface area contributed by atoms with Gasteiger partial charge in [-0.1, -0.05) is 13.0 Å². The monoisotopic (exact) mass is 380 g/mol. The Morgan fingerprint density at radius 2 is 2.15 bits per heavy atom. The van der Waals surface area contributed by atoms with Crippen LogP contribution in [0.25, 0.3) is 0 Å². The highest BCUT2D eigenvalue weighted by molar-refractivity contribution is 7.88. The summed E-state index contributed by atoms with van der Waals surface area (Å²) >= 11 is 0. The number of pyridine rings is 1. The number of nitrogens with zero attached hydrogens (tertiary/aromatic N) is 3. The van der Waals surface area contributed by atoms with E-state index >= 15 is 0 Å². The van der Waals surface area contributed by atoms with Crippen LogP contribution in [0.3, 0.4) is 0 Å². The number of anilines is 1. The number of rotatable bonds is 7. The zero-order valence-electron chi connectivity index (χ0n) is 16.0. The van der Waals surface area contributed by atoms with Crippen molar-refractivity contribution in [2.45, 2.75) is 51.5 Å². The molecule has 2 heterocycles. The molecule has 1 saturated heterocycles. The summed E-state index contributed by atoms with van der Waals surface area (Å²) in [6, 6.07) is 4.62. The quantitative estimate of drug-likeness (QED) is 0.782. The Morgan fingerprint density at radius 3 is 2.85 bits per heavy atom. The van der Waals surface area contributed by atoms with Gasteiger partial charge in [0.2, 0.25) is 10.0 Å². The minimum absolute atomic E-state index is 0.516. The Hall–Kier alpha value is -1.18. The first-order chi connectivity index (χ1) is 12.4. The molecule has 0 radical (unpaired) electrons. The maximum atomic E-state index is 11.6. The van der Waals surface area contributed by atoms with Crippen LogP contribution < -0.4 is 5.73 Å². The van der Waals surface area contributed by atoms with Crippen LogP contribution in [0.5, 0.6) is 0 Å². The van der Waals surface area contributed by atoms with Crippen molar-refractivity contribution in [1.29, 1.82) is 0 Å². The van der Waals surface area contributed by atoms with E-state index in [0.717, 1.165) is 51.6 Å². The molecule has 1 fully saturated rings. The Kier molecular flexibility index (Phi) is 6.20. The first kappa shape index (κ1) is 19.6. The number of hydrogen-bond acceptors (Lipinski definition) is 5. The van der Waals surface area contributed by atoms with Crippen molar-refractivity contribution >= 4 is 15.8 Å². The number of aromatic nitrogens is 1. The molecule has 3 rings (SSSR count). The van der Waals surface area contributed by atoms with Crippen LogP contribution in [0.4, 0.5) is 5.82 Å². The standard InChI is InChI=1S/C19H32N4O2S/c1-3-22(11-4-5-15-10-12-23(14-15)26(2,24)25)17-7-8-18-16(13-17)6-9-19(20)21-18/h6,9,15,17H,3-5,7-8,10-14H2,1-2H3,(H2,20,21). The summed E-state index contributed by atoms with van der Waals surface area (Å²) < 4.78 is 24.9. The molecule has 26 heavy (non-hydrogen) atoms. The number of nitrogens with two attached hydrogens (primary N) is 1. The zero-order valence-corrected chi connectivity index (χ0v) is 16.8. The molecule has 2 N–H and O–H groups in total. The molecular formula is C19H32N4O2S. The van der Waals surface area contributed by atoms with Crippen LogP contribution in [0.15, 0.2) is 12.1 Å². The number of aryl methyl sites for hydroxylation is 1. The van der Waals surface area contributed by atoms with Gasteiger partial charge in [-0.25, -0.2) is 17.7 Å². The molecule has 0 bridgehead atoms. The second kappa shape index (κ2) is 8.23. The number of sulfonamides is 1. The third-order valence-corrected chi connectivity index (χ3v) is 7.23. The number of fused-ring (bicyclic) bond motifs is 1. The van der Waals surface area contributed by atoms with E-state index in [1.54, 1.807) is 4.31 Å². The zero-order chi connectivity index (χ0) is 18.7. The number of nitrogen functional groups attached to an aromatic ring is 1. The maximum absolute atomic E-state index is 11.6. The Morgan fingerprint density at radius 1 is 1.35 bits per heavy atom. The average Bonchev–Trinajstić information content (AvgIpc) is 3.08. The third-order valence-electron chi connectivity index (χ3n) is 5.96. The van der Waals surface area contributed by atoms with Gasteiger partial charge >= 0.3 is 0 Å². The van der Waals surface area contributed by atoms with Crippen LogP contribution in [0.1, 0.15) is 43.9 Å². The smallest absolute Gasteiger partial charge is 0.211 e. The lowest BCUT2D eigenvalue weighted by atomic mass is 9.90. The molecule has 1 aliphatic heterocycles. The summed E-state index contributed by atoms with van der Waals surface area (Å²) in [5.41, 5.74) is 8.31. The highest BCUT2D eigenvalue weighted by atomic mass is 32.2. The Bertz CT molecular complexity index is 722. The normalized spacial score (nSPS) is 24.1. The molecular weight excluding hydrogens is 348 g/mol. The van der Waals surface area contributed by atoms with Gasteiger partial charge in [0.1, 0.15) is 5.82 Å². The molecule has 0 spiro atoms. The molecule has 6 nitrogen and oxygen atoms in total. The molecule has 2 atom stereocenters. The third kappa shape index (κ3) is 4.75. The lowest BCUT2D eigenvalue weighted by Gasteiger charge is -2.34. The van der Waals surface area contributed by atoms with E-state index in [1.807, 2.05) is 6.07 Å². The van der Waals surface area contributed by atoms with Crippen molar-refractivity contribution < 1.29 is 8.42 Å². The van der Waals surface area contributed by atoms with Crippen molar-refractivity contribution in [2.24, 2.45) is 5.92 Å². The predicted molar refractivity (Wildman–Crippen MR) is 105 cm³/mol. The summed E-state index contributed by atoms with van der Waals surface area (Å²) in [5, 5.41) is 0. The Labute approximate surface area is 157 Å². The highest BCUT2D eigenvalue weighted by Gasteiger charge is 2.29. The van der Waals surface area contributed by atoms with E-state index in [0.29, 0.717) is 30.9 Å². The van der Waals surface area contributed by atoms with Gasteiger partial charge in [0.05, 0.1) is 6.26 Å². The topological polar surface area (TPSA) is 79.5 Å². The van der Waals surface area contributed by atoms with Gasteiger partial charge in [0.15, 0.2) is 0 Å². The van der Waals surface area contributed by atoms with Gasteiger partial charge in [0, 0.05) is 24.8 Å². The average molecular weight is 381 g/mol. The molecule has 1 aromatic rings. The van der Waals surface area contributed by atoms with E-state index in [9.17, 15) is 8.42 Å². The van der Waals surface area contributed by atoms with E-state index in [1.165, 1.54) is 17.5 Å². The molecule has 2 aliphatic rings. The summed E-state index contributed by atoms with van der Waals surface area (Å²) in [5.74, 6) is 1.14. The summed E-state index contributed by atoms with van der Waals surface area (Å²) in [7, 11) is -3.02. The van der Waals surface area contributed by atoms with Crippen molar-refractivity contribution in [1.82, 2.24) is 14.2 Å². The molecule has 0 saturated carbocycles. The van der Waals surface area contributed by atoms with E-state index in [-0.39, 0.29) is 0 Å². The summed E-state index contributed by atoms with van der Waals surface area (Å²) in [6.07, 6.45) is 7.78. The van der Waals surface area contributed by atoms with Crippen LogP contribution in [-0.4, -0.2) is 61.1 Å². The Balaban J connectivity index is 1.47. The molecule has 7 heteroatoms. The largest absolute Gasteiger partial charge is 0.384 e. The molecule has 2 unspecified atom stereocenters. The van der Waals surface area contributed by atoms with E-state index < -0.39 is 10.0 Å². The maximum Gasteiger partial charge on any atom is 0.211 e. The fourth-order valence-electron chi connectivity index (χ4n) is 4.44. The van der Waals surface area contributed by atoms with Gasteiger partial charge in [-0.05, 0) is 69.2 Å². The first-order valence-electron chi connectivity index (χ1n) is 9.80. The summed E-state index contributed by atoms with van der Waals surface area (Å²) in [6.45, 7) is 5.78. The first-order valence-corrected chi connectivity index (χ1v) is 11.6. The van der Waals surface area contributed by atoms with E-state index in [4.69, 9.17) is 5.73 Å². The molecule has 1 aliphatic carbocycles. The van der Waals surface area contributed by atoms with Crippen LogP contribution >= 0.6 is 0 Å². The lowest BCUT2D eigenvalue weighted by molar-refractivity contribution is 0.181. The van der Waals surface area contributed by atoms with Crippen molar-refractivity contribution in [2.75, 3.05) is 38.2 Å². The van der Waals surface area contributed by atoms with Crippen LogP contribution in [0, 0.1) is 5.92 Å². The SMILES string of the molecule is CCN(CCCC1CCN(S(C)(=O)=O)C1)C1CCc2nc(N)ccc2C1. The summed E-state index contributed by atoms with van der Waals surface area (Å²) in [4.78, 5) is 7.07. The predicted octanol–water partition coefficient (Wildman–Crippen LogP) is 1.90. The van der Waals surface area contributed by atoms with Crippen molar-refractivity contribution in [3.8, 4) is 0 Å². The molecule has 146 valence electrons. The fraction of sp³-hybridized carbons (Fsp3) is 0.737. The van der Waals surface area contributed by atoms with Gasteiger partial charge in [-0.15, -0.1) is 0 Å².